The molecule has 2 heterocycles. The molecule has 2 aromatic heterocycles. The van der Waals surface area contributed by atoms with Gasteiger partial charge in [0.15, 0.2) is 0 Å². The average Bonchev–Trinajstić information content (AvgIpc) is 2.68. The Morgan fingerprint density at radius 1 is 1.38 bits per heavy atom. The molecule has 2 N–H and O–H groups in total. The highest BCUT2D eigenvalue weighted by Crippen LogP contribution is 2.32. The average molecular weight is 254 g/mol. The van der Waals surface area contributed by atoms with Crippen LogP contribution in [0.15, 0.2) is 12.1 Å². The molecular formula is C11H12ClN3S. The summed E-state index contributed by atoms with van der Waals surface area (Å²) >= 11 is 7.42. The van der Waals surface area contributed by atoms with Gasteiger partial charge in [-0.1, -0.05) is 18.5 Å². The lowest BCUT2D eigenvalue weighted by molar-refractivity contribution is 0.941. The predicted octanol–water partition coefficient (Wildman–Crippen LogP) is 3.31. The van der Waals surface area contributed by atoms with E-state index < -0.39 is 0 Å². The number of nitrogens with two attached hydrogens (primary N) is 1. The first-order valence-electron chi connectivity index (χ1n) is 5.00. The molecule has 0 spiro atoms. The van der Waals surface area contributed by atoms with Gasteiger partial charge in [-0.15, -0.1) is 11.3 Å². The zero-order chi connectivity index (χ0) is 11.7. The molecule has 5 heteroatoms. The van der Waals surface area contributed by atoms with Gasteiger partial charge in [0.25, 0.3) is 0 Å². The van der Waals surface area contributed by atoms with E-state index in [1.165, 1.54) is 11.3 Å². The number of hydrogen-bond donors (Lipinski definition) is 1. The number of nitrogen functional groups attached to an aromatic ring is 1. The summed E-state index contributed by atoms with van der Waals surface area (Å²) in [6.45, 7) is 3.94. The quantitative estimate of drug-likeness (QED) is 0.893. The van der Waals surface area contributed by atoms with E-state index in [1.54, 1.807) is 0 Å². The van der Waals surface area contributed by atoms with Gasteiger partial charge in [0.05, 0.1) is 14.9 Å². The maximum absolute atomic E-state index is 5.92. The molecule has 0 saturated carbocycles. The Balaban J connectivity index is 2.59. The van der Waals surface area contributed by atoms with Crippen molar-refractivity contribution in [1.82, 2.24) is 9.97 Å². The van der Waals surface area contributed by atoms with E-state index in [0.29, 0.717) is 5.82 Å². The van der Waals surface area contributed by atoms with Crippen LogP contribution in [0.5, 0.6) is 0 Å². The molecule has 0 saturated heterocycles. The van der Waals surface area contributed by atoms with Crippen LogP contribution in [0.3, 0.4) is 0 Å². The Hall–Kier alpha value is -1.13. The standard InChI is InChI=1S/C11H12ClN3S/c1-3-9-14-10(6(2)11(13)15-9)7-4-5-8(12)16-7/h4-5H,3H2,1-2H3,(H2,13,14,15). The third-order valence-corrected chi connectivity index (χ3v) is 3.59. The van der Waals surface area contributed by atoms with Gasteiger partial charge in [0.1, 0.15) is 11.6 Å². The van der Waals surface area contributed by atoms with Crippen molar-refractivity contribution in [2.75, 3.05) is 5.73 Å². The fourth-order valence-electron chi connectivity index (χ4n) is 1.42. The topological polar surface area (TPSA) is 51.8 Å². The number of aryl methyl sites for hydroxylation is 1. The van der Waals surface area contributed by atoms with Crippen molar-refractivity contribution in [3.63, 3.8) is 0 Å². The van der Waals surface area contributed by atoms with Crippen molar-refractivity contribution in [1.29, 1.82) is 0 Å². The first-order chi connectivity index (χ1) is 7.61. The Kier molecular flexibility index (Phi) is 3.12. The van der Waals surface area contributed by atoms with E-state index >= 15 is 0 Å². The number of rotatable bonds is 2. The van der Waals surface area contributed by atoms with Crippen molar-refractivity contribution in [2.45, 2.75) is 20.3 Å². The molecule has 3 nitrogen and oxygen atoms in total. The predicted molar refractivity (Wildman–Crippen MR) is 68.9 cm³/mol. The molecule has 0 aliphatic rings. The Morgan fingerprint density at radius 3 is 2.69 bits per heavy atom. The number of aromatic nitrogens is 2. The number of hydrogen-bond acceptors (Lipinski definition) is 4. The molecule has 0 atom stereocenters. The summed E-state index contributed by atoms with van der Waals surface area (Å²) in [7, 11) is 0. The lowest BCUT2D eigenvalue weighted by Crippen LogP contribution is -2.03. The van der Waals surface area contributed by atoms with Crippen LogP contribution < -0.4 is 5.73 Å². The van der Waals surface area contributed by atoms with Crippen LogP contribution in [-0.4, -0.2) is 9.97 Å². The third kappa shape index (κ3) is 2.03. The molecule has 0 amide bonds. The minimum absolute atomic E-state index is 0.548. The van der Waals surface area contributed by atoms with Gasteiger partial charge in [-0.05, 0) is 19.1 Å². The first-order valence-corrected chi connectivity index (χ1v) is 6.20. The minimum atomic E-state index is 0.548. The first kappa shape index (κ1) is 11.4. The normalized spacial score (nSPS) is 10.7. The minimum Gasteiger partial charge on any atom is -0.383 e. The number of halogens is 1. The molecule has 84 valence electrons. The highest BCUT2D eigenvalue weighted by Gasteiger charge is 2.11. The summed E-state index contributed by atoms with van der Waals surface area (Å²) in [4.78, 5) is 9.75. The SMILES string of the molecule is CCc1nc(N)c(C)c(-c2ccc(Cl)s2)n1. The van der Waals surface area contributed by atoms with Crippen molar-refractivity contribution in [3.05, 3.63) is 27.9 Å². The molecule has 2 rings (SSSR count). The number of thiophene rings is 1. The number of nitrogens with zero attached hydrogens (tertiary/aromatic N) is 2. The maximum Gasteiger partial charge on any atom is 0.131 e. The number of anilines is 1. The van der Waals surface area contributed by atoms with E-state index in [2.05, 4.69) is 9.97 Å². The van der Waals surface area contributed by atoms with E-state index in [4.69, 9.17) is 17.3 Å². The highest BCUT2D eigenvalue weighted by molar-refractivity contribution is 7.19. The maximum atomic E-state index is 5.92. The van der Waals surface area contributed by atoms with Crippen LogP contribution in [-0.2, 0) is 6.42 Å². The van der Waals surface area contributed by atoms with E-state index in [0.717, 1.165) is 32.7 Å². The summed E-state index contributed by atoms with van der Waals surface area (Å²) in [6, 6.07) is 3.83. The summed E-state index contributed by atoms with van der Waals surface area (Å²) < 4.78 is 0.754. The zero-order valence-electron chi connectivity index (χ0n) is 9.12. The molecular weight excluding hydrogens is 242 g/mol. The molecule has 0 aliphatic heterocycles. The lowest BCUT2D eigenvalue weighted by Gasteiger charge is -2.07. The lowest BCUT2D eigenvalue weighted by atomic mass is 10.2. The Morgan fingerprint density at radius 2 is 2.12 bits per heavy atom. The summed E-state index contributed by atoms with van der Waals surface area (Å²) in [5.41, 5.74) is 7.66. The van der Waals surface area contributed by atoms with Crippen molar-refractivity contribution < 1.29 is 0 Å². The fraction of sp³-hybridized carbons (Fsp3) is 0.273. The van der Waals surface area contributed by atoms with Gasteiger partial charge in [-0.25, -0.2) is 9.97 Å². The van der Waals surface area contributed by atoms with Gasteiger partial charge in [-0.2, -0.15) is 0 Å². The highest BCUT2D eigenvalue weighted by atomic mass is 35.5. The summed E-state index contributed by atoms with van der Waals surface area (Å²) in [6.07, 6.45) is 0.774. The third-order valence-electron chi connectivity index (χ3n) is 2.35. The van der Waals surface area contributed by atoms with Crippen LogP contribution in [0.4, 0.5) is 5.82 Å². The second-order valence-corrected chi connectivity index (χ2v) is 5.17. The van der Waals surface area contributed by atoms with Gasteiger partial charge in [0.2, 0.25) is 0 Å². The molecule has 2 aromatic rings. The van der Waals surface area contributed by atoms with Crippen molar-refractivity contribution in [2.24, 2.45) is 0 Å². The molecule has 0 fully saturated rings. The smallest absolute Gasteiger partial charge is 0.131 e. The molecule has 0 aromatic carbocycles. The van der Waals surface area contributed by atoms with E-state index in [9.17, 15) is 0 Å². The molecule has 0 bridgehead atoms. The fourth-order valence-corrected chi connectivity index (χ4v) is 2.51. The second kappa shape index (κ2) is 4.39. The van der Waals surface area contributed by atoms with E-state index in [1.807, 2.05) is 26.0 Å². The molecule has 0 radical (unpaired) electrons. The van der Waals surface area contributed by atoms with Crippen LogP contribution in [0, 0.1) is 6.92 Å². The van der Waals surface area contributed by atoms with Gasteiger partial charge < -0.3 is 5.73 Å². The molecule has 16 heavy (non-hydrogen) atoms. The summed E-state index contributed by atoms with van der Waals surface area (Å²) in [5, 5.41) is 0. The van der Waals surface area contributed by atoms with Crippen LogP contribution in [0.25, 0.3) is 10.6 Å². The van der Waals surface area contributed by atoms with Gasteiger partial charge in [-0.3, -0.25) is 0 Å². The Labute approximate surface area is 103 Å². The monoisotopic (exact) mass is 253 g/mol. The Bertz CT molecular complexity index is 522. The van der Waals surface area contributed by atoms with E-state index in [-0.39, 0.29) is 0 Å². The molecule has 0 aliphatic carbocycles. The second-order valence-electron chi connectivity index (χ2n) is 3.46. The zero-order valence-corrected chi connectivity index (χ0v) is 10.7. The van der Waals surface area contributed by atoms with Crippen LogP contribution >= 0.6 is 22.9 Å². The van der Waals surface area contributed by atoms with Crippen LogP contribution in [0.2, 0.25) is 4.34 Å². The van der Waals surface area contributed by atoms with Crippen molar-refractivity contribution >= 4 is 28.8 Å². The van der Waals surface area contributed by atoms with Gasteiger partial charge in [0, 0.05) is 12.0 Å². The van der Waals surface area contributed by atoms with Gasteiger partial charge >= 0.3 is 0 Å². The molecule has 0 unspecified atom stereocenters. The largest absolute Gasteiger partial charge is 0.383 e. The summed E-state index contributed by atoms with van der Waals surface area (Å²) in [5.74, 6) is 1.31. The van der Waals surface area contributed by atoms with Crippen molar-refractivity contribution in [3.8, 4) is 10.6 Å². The van der Waals surface area contributed by atoms with Crippen LogP contribution in [0.1, 0.15) is 18.3 Å².